The van der Waals surface area contributed by atoms with Gasteiger partial charge in [-0.15, -0.1) is 46.4 Å². The second-order valence-electron chi connectivity index (χ2n) is 10.2. The maximum absolute atomic E-state index is 6.27. The Labute approximate surface area is 275 Å². The molecule has 6 nitrogen and oxygen atoms in total. The summed E-state index contributed by atoms with van der Waals surface area (Å²) in [5, 5.41) is 5.69. The Kier molecular flexibility index (Phi) is 14.6. The first-order chi connectivity index (χ1) is 21.2. The van der Waals surface area contributed by atoms with Crippen LogP contribution in [0.25, 0.3) is 21.8 Å². The molecule has 1 heterocycles. The molecule has 0 spiro atoms. The van der Waals surface area contributed by atoms with E-state index >= 15 is 0 Å². The number of aromatic nitrogens is 1. The number of anilines is 2. The zero-order chi connectivity index (χ0) is 30.3. The molecule has 4 aromatic rings. The number of nitrogens with zero attached hydrogens (tertiary/aromatic N) is 3. The van der Waals surface area contributed by atoms with Gasteiger partial charge in [0.05, 0.1) is 17.8 Å². The Bertz CT molecular complexity index is 1400. The Morgan fingerprint density at radius 3 is 2.05 bits per heavy atom. The van der Waals surface area contributed by atoms with Crippen molar-refractivity contribution in [3.05, 3.63) is 66.7 Å². The van der Waals surface area contributed by atoms with Gasteiger partial charge in [-0.3, -0.25) is 4.90 Å². The van der Waals surface area contributed by atoms with Gasteiger partial charge in [-0.2, -0.15) is 0 Å². The third-order valence-corrected chi connectivity index (χ3v) is 7.86. The standard InChI is InChI=1S/C33H40Cl4N4O2/c34-13-18-40(19-14-35)17-3-4-23-42-27-8-5-7-26(25-27)38-32-28-9-1-2-11-30(28)39-33-29(32)10-6-12-31(33)43-24-22-41(20-15-36)21-16-37/h1-2,5-12,25H,3-4,13-24H2,(H,38,39). The van der Waals surface area contributed by atoms with Crippen LogP contribution in [0.1, 0.15) is 12.8 Å². The Morgan fingerprint density at radius 2 is 1.30 bits per heavy atom. The molecule has 0 aliphatic heterocycles. The third kappa shape index (κ3) is 10.2. The fourth-order valence-corrected chi connectivity index (χ4v) is 5.96. The summed E-state index contributed by atoms with van der Waals surface area (Å²) < 4.78 is 12.4. The van der Waals surface area contributed by atoms with E-state index in [9.17, 15) is 0 Å². The fourth-order valence-electron chi connectivity index (χ4n) is 5.01. The van der Waals surface area contributed by atoms with Gasteiger partial charge in [0.25, 0.3) is 0 Å². The molecule has 43 heavy (non-hydrogen) atoms. The molecule has 0 saturated heterocycles. The largest absolute Gasteiger partial charge is 0.494 e. The van der Waals surface area contributed by atoms with Crippen molar-refractivity contribution in [2.75, 3.05) is 81.3 Å². The minimum atomic E-state index is 0.515. The van der Waals surface area contributed by atoms with Gasteiger partial charge in [0, 0.05) is 78.8 Å². The first-order valence-electron chi connectivity index (χ1n) is 14.8. The van der Waals surface area contributed by atoms with Gasteiger partial charge in [0.1, 0.15) is 23.6 Å². The fraction of sp³-hybridized carbons (Fsp3) is 0.424. The summed E-state index contributed by atoms with van der Waals surface area (Å²) in [6.07, 6.45) is 1.99. The van der Waals surface area contributed by atoms with Crippen molar-refractivity contribution >= 4 is 79.6 Å². The molecular formula is C33H40Cl4N4O2. The molecule has 3 aromatic carbocycles. The molecule has 4 rings (SSSR count). The zero-order valence-electron chi connectivity index (χ0n) is 24.4. The predicted octanol–water partition coefficient (Wildman–Crippen LogP) is 8.23. The molecule has 10 heteroatoms. The van der Waals surface area contributed by atoms with Crippen molar-refractivity contribution in [2.24, 2.45) is 0 Å². The first kappa shape index (κ1) is 33.7. The smallest absolute Gasteiger partial charge is 0.145 e. The van der Waals surface area contributed by atoms with Gasteiger partial charge in [-0.1, -0.05) is 36.4 Å². The SMILES string of the molecule is ClCCN(CCCl)CCCCOc1cccc(Nc2c3ccccc3nc3c(OCCN(CCCl)CCCl)cccc23)c1. The minimum Gasteiger partial charge on any atom is -0.494 e. The highest BCUT2D eigenvalue weighted by Gasteiger charge is 2.14. The van der Waals surface area contributed by atoms with Gasteiger partial charge in [0.2, 0.25) is 0 Å². The number of nitrogens with one attached hydrogen (secondary N) is 1. The van der Waals surface area contributed by atoms with Gasteiger partial charge in [0.15, 0.2) is 0 Å². The number of rotatable bonds is 20. The highest BCUT2D eigenvalue weighted by molar-refractivity contribution is 6.18. The molecule has 0 aliphatic carbocycles. The number of hydrogen-bond acceptors (Lipinski definition) is 6. The number of halogens is 4. The third-order valence-electron chi connectivity index (χ3n) is 7.18. The lowest BCUT2D eigenvalue weighted by Gasteiger charge is -2.20. The molecule has 0 fully saturated rings. The Morgan fingerprint density at radius 1 is 0.628 bits per heavy atom. The van der Waals surface area contributed by atoms with Crippen molar-refractivity contribution < 1.29 is 9.47 Å². The van der Waals surface area contributed by atoms with Crippen LogP contribution in [0.4, 0.5) is 11.4 Å². The predicted molar refractivity (Wildman–Crippen MR) is 185 cm³/mol. The molecule has 232 valence electrons. The molecule has 0 saturated carbocycles. The van der Waals surface area contributed by atoms with Crippen molar-refractivity contribution in [1.29, 1.82) is 0 Å². The number of pyridine rings is 1. The van der Waals surface area contributed by atoms with Crippen LogP contribution in [-0.4, -0.2) is 90.8 Å². The maximum atomic E-state index is 6.27. The van der Waals surface area contributed by atoms with E-state index in [0.29, 0.717) is 36.7 Å². The zero-order valence-corrected chi connectivity index (χ0v) is 27.4. The van der Waals surface area contributed by atoms with Crippen LogP contribution in [-0.2, 0) is 0 Å². The molecule has 0 atom stereocenters. The van der Waals surface area contributed by atoms with Crippen molar-refractivity contribution in [2.45, 2.75) is 12.8 Å². The molecule has 0 amide bonds. The number of hydrogen-bond donors (Lipinski definition) is 1. The second kappa shape index (κ2) is 18.6. The van der Waals surface area contributed by atoms with E-state index in [4.69, 9.17) is 60.9 Å². The number of fused-ring (bicyclic) bond motifs is 2. The lowest BCUT2D eigenvalue weighted by atomic mass is 10.1. The van der Waals surface area contributed by atoms with E-state index in [2.05, 4.69) is 27.2 Å². The highest BCUT2D eigenvalue weighted by atomic mass is 35.5. The lowest BCUT2D eigenvalue weighted by Crippen LogP contribution is -2.32. The number of benzene rings is 3. The van der Waals surface area contributed by atoms with Gasteiger partial charge < -0.3 is 19.7 Å². The summed E-state index contributed by atoms with van der Waals surface area (Å²) >= 11 is 23.8. The van der Waals surface area contributed by atoms with Crippen LogP contribution in [0.5, 0.6) is 11.5 Å². The summed E-state index contributed by atoms with van der Waals surface area (Å²) in [7, 11) is 0. The average molecular weight is 667 g/mol. The van der Waals surface area contributed by atoms with Crippen molar-refractivity contribution in [1.82, 2.24) is 14.8 Å². The van der Waals surface area contributed by atoms with Crippen LogP contribution in [0.15, 0.2) is 66.7 Å². The van der Waals surface area contributed by atoms with E-state index in [1.165, 1.54) is 0 Å². The van der Waals surface area contributed by atoms with Gasteiger partial charge >= 0.3 is 0 Å². The topological polar surface area (TPSA) is 49.9 Å². The van der Waals surface area contributed by atoms with E-state index in [0.717, 1.165) is 96.8 Å². The summed E-state index contributed by atoms with van der Waals surface area (Å²) in [4.78, 5) is 9.49. The van der Waals surface area contributed by atoms with Crippen LogP contribution in [0, 0.1) is 0 Å². The summed E-state index contributed by atoms with van der Waals surface area (Å²) in [6, 6.07) is 22.3. The highest BCUT2D eigenvalue weighted by Crippen LogP contribution is 2.37. The number of ether oxygens (including phenoxy) is 2. The van der Waals surface area contributed by atoms with Crippen LogP contribution >= 0.6 is 46.4 Å². The molecule has 0 bridgehead atoms. The van der Waals surface area contributed by atoms with Crippen LogP contribution in [0.3, 0.4) is 0 Å². The van der Waals surface area contributed by atoms with Gasteiger partial charge in [-0.05, 0) is 43.7 Å². The molecule has 0 radical (unpaired) electrons. The molecule has 0 unspecified atom stereocenters. The number of alkyl halides is 4. The average Bonchev–Trinajstić information content (AvgIpc) is 3.01. The summed E-state index contributed by atoms with van der Waals surface area (Å²) in [5.74, 6) is 3.92. The number of unbranched alkanes of at least 4 members (excludes halogenated alkanes) is 1. The molecule has 0 aliphatic rings. The lowest BCUT2D eigenvalue weighted by molar-refractivity contribution is 0.226. The normalized spacial score (nSPS) is 11.6. The monoisotopic (exact) mass is 664 g/mol. The van der Waals surface area contributed by atoms with Gasteiger partial charge in [-0.25, -0.2) is 4.98 Å². The van der Waals surface area contributed by atoms with E-state index in [-0.39, 0.29) is 0 Å². The quantitative estimate of drug-likeness (QED) is 0.0583. The molecule has 1 aromatic heterocycles. The second-order valence-corrected chi connectivity index (χ2v) is 11.7. The Hall–Kier alpha value is -2.19. The first-order valence-corrected chi connectivity index (χ1v) is 16.9. The number of para-hydroxylation sites is 2. The Balaban J connectivity index is 1.48. The molecular weight excluding hydrogens is 626 g/mol. The van der Waals surface area contributed by atoms with E-state index in [1.54, 1.807) is 0 Å². The summed E-state index contributed by atoms with van der Waals surface area (Å²) in [6.45, 7) is 6.13. The minimum absolute atomic E-state index is 0.515. The summed E-state index contributed by atoms with van der Waals surface area (Å²) in [5.41, 5.74) is 3.63. The van der Waals surface area contributed by atoms with Crippen molar-refractivity contribution in [3.63, 3.8) is 0 Å². The van der Waals surface area contributed by atoms with E-state index < -0.39 is 0 Å². The van der Waals surface area contributed by atoms with Crippen LogP contribution < -0.4 is 14.8 Å². The van der Waals surface area contributed by atoms with E-state index in [1.807, 2.05) is 54.6 Å². The van der Waals surface area contributed by atoms with Crippen molar-refractivity contribution in [3.8, 4) is 11.5 Å². The van der Waals surface area contributed by atoms with Crippen LogP contribution in [0.2, 0.25) is 0 Å². The molecule has 1 N–H and O–H groups in total. The maximum Gasteiger partial charge on any atom is 0.145 e.